The van der Waals surface area contributed by atoms with E-state index in [4.69, 9.17) is 5.73 Å². The molecule has 0 aliphatic carbocycles. The van der Waals surface area contributed by atoms with Gasteiger partial charge < -0.3 is 11.1 Å². The lowest BCUT2D eigenvalue weighted by Crippen LogP contribution is -2.51. The minimum atomic E-state index is -0.165. The number of rotatable bonds is 3. The van der Waals surface area contributed by atoms with E-state index in [9.17, 15) is 4.79 Å². The maximum absolute atomic E-state index is 12.1. The van der Waals surface area contributed by atoms with Crippen LogP contribution >= 0.6 is 12.4 Å². The average molecular weight is 278 g/mol. The highest BCUT2D eigenvalue weighted by atomic mass is 35.5. The molecular weight excluding hydrogens is 250 g/mol. The van der Waals surface area contributed by atoms with Crippen molar-refractivity contribution in [1.29, 1.82) is 0 Å². The standard InChI is InChI=1S/C13H27N3O.ClH/c1-9-6-11(7-14)8-16(9)10(2)12(17)15-13(3,4)5;/h9-11H,6-8,14H2,1-5H3,(H,15,17);1H. The third-order valence-electron chi connectivity index (χ3n) is 3.42. The van der Waals surface area contributed by atoms with E-state index >= 15 is 0 Å². The summed E-state index contributed by atoms with van der Waals surface area (Å²) < 4.78 is 0. The number of hydrogen-bond acceptors (Lipinski definition) is 3. The lowest BCUT2D eigenvalue weighted by Gasteiger charge is -2.30. The first kappa shape index (κ1) is 17.7. The molecule has 0 spiro atoms. The highest BCUT2D eigenvalue weighted by Gasteiger charge is 2.34. The van der Waals surface area contributed by atoms with Crippen molar-refractivity contribution in [3.8, 4) is 0 Å². The zero-order valence-electron chi connectivity index (χ0n) is 12.2. The molecule has 0 aromatic rings. The van der Waals surface area contributed by atoms with Crippen LogP contribution in [0.3, 0.4) is 0 Å². The normalized spacial score (nSPS) is 26.6. The third kappa shape index (κ3) is 4.75. The molecule has 3 atom stereocenters. The van der Waals surface area contributed by atoms with Crippen molar-refractivity contribution in [3.63, 3.8) is 0 Å². The van der Waals surface area contributed by atoms with Crippen LogP contribution in [-0.4, -0.2) is 41.5 Å². The summed E-state index contributed by atoms with van der Waals surface area (Å²) in [5.74, 6) is 0.650. The zero-order chi connectivity index (χ0) is 13.2. The minimum absolute atomic E-state index is 0. The molecule has 0 bridgehead atoms. The molecule has 0 aromatic heterocycles. The van der Waals surface area contributed by atoms with Gasteiger partial charge in [-0.25, -0.2) is 0 Å². The Kier molecular flexibility index (Phi) is 6.61. The van der Waals surface area contributed by atoms with E-state index in [1.165, 1.54) is 0 Å². The van der Waals surface area contributed by atoms with Crippen molar-refractivity contribution in [1.82, 2.24) is 10.2 Å². The van der Waals surface area contributed by atoms with Crippen LogP contribution in [0, 0.1) is 5.92 Å². The average Bonchev–Trinajstić information content (AvgIpc) is 2.56. The Hall–Kier alpha value is -0.320. The quantitative estimate of drug-likeness (QED) is 0.819. The van der Waals surface area contributed by atoms with E-state index in [-0.39, 0.29) is 29.9 Å². The fourth-order valence-corrected chi connectivity index (χ4v) is 2.51. The number of carbonyl (C=O) groups excluding carboxylic acids is 1. The SMILES string of the molecule is CC1CC(CN)CN1C(C)C(=O)NC(C)(C)C.Cl. The van der Waals surface area contributed by atoms with Crippen molar-refractivity contribution in [2.75, 3.05) is 13.1 Å². The summed E-state index contributed by atoms with van der Waals surface area (Å²) in [6.45, 7) is 11.8. The van der Waals surface area contributed by atoms with Gasteiger partial charge in [0.25, 0.3) is 0 Å². The van der Waals surface area contributed by atoms with Gasteiger partial charge in [-0.2, -0.15) is 0 Å². The Morgan fingerprint density at radius 2 is 2.06 bits per heavy atom. The number of carbonyl (C=O) groups is 1. The predicted molar refractivity (Wildman–Crippen MR) is 77.9 cm³/mol. The number of nitrogens with one attached hydrogen (secondary N) is 1. The monoisotopic (exact) mass is 277 g/mol. The molecule has 1 rings (SSSR count). The molecule has 1 fully saturated rings. The maximum Gasteiger partial charge on any atom is 0.237 e. The Morgan fingerprint density at radius 3 is 2.44 bits per heavy atom. The van der Waals surface area contributed by atoms with E-state index in [1.807, 2.05) is 27.7 Å². The molecule has 5 heteroatoms. The molecule has 0 aromatic carbocycles. The van der Waals surface area contributed by atoms with E-state index < -0.39 is 0 Å². The van der Waals surface area contributed by atoms with Gasteiger partial charge >= 0.3 is 0 Å². The molecule has 1 saturated heterocycles. The van der Waals surface area contributed by atoms with Crippen LogP contribution in [0.1, 0.15) is 41.0 Å². The molecule has 4 nitrogen and oxygen atoms in total. The summed E-state index contributed by atoms with van der Waals surface area (Å²) in [4.78, 5) is 14.4. The smallest absolute Gasteiger partial charge is 0.237 e. The van der Waals surface area contributed by atoms with Crippen molar-refractivity contribution >= 4 is 18.3 Å². The number of hydrogen-bond donors (Lipinski definition) is 2. The van der Waals surface area contributed by atoms with Gasteiger partial charge in [0.1, 0.15) is 0 Å². The molecule has 1 heterocycles. The fourth-order valence-electron chi connectivity index (χ4n) is 2.51. The number of nitrogens with two attached hydrogens (primary N) is 1. The van der Waals surface area contributed by atoms with Crippen LogP contribution in [-0.2, 0) is 4.79 Å². The van der Waals surface area contributed by atoms with Crippen molar-refractivity contribution < 1.29 is 4.79 Å². The van der Waals surface area contributed by atoms with E-state index in [1.54, 1.807) is 0 Å². The molecule has 0 saturated carbocycles. The number of amides is 1. The van der Waals surface area contributed by atoms with Crippen LogP contribution < -0.4 is 11.1 Å². The topological polar surface area (TPSA) is 58.4 Å². The fraction of sp³-hybridized carbons (Fsp3) is 0.923. The first-order valence-electron chi connectivity index (χ1n) is 6.52. The molecule has 3 unspecified atom stereocenters. The van der Waals surface area contributed by atoms with Gasteiger partial charge in [-0.1, -0.05) is 0 Å². The lowest BCUT2D eigenvalue weighted by molar-refractivity contribution is -0.127. The van der Waals surface area contributed by atoms with Crippen LogP contribution in [0.25, 0.3) is 0 Å². The molecule has 1 aliphatic rings. The summed E-state index contributed by atoms with van der Waals surface area (Å²) in [6, 6.07) is 0.380. The summed E-state index contributed by atoms with van der Waals surface area (Å²) in [7, 11) is 0. The Morgan fingerprint density at radius 1 is 1.50 bits per heavy atom. The highest BCUT2D eigenvalue weighted by Crippen LogP contribution is 2.24. The van der Waals surface area contributed by atoms with Gasteiger partial charge in [-0.3, -0.25) is 9.69 Å². The Labute approximate surface area is 117 Å². The van der Waals surface area contributed by atoms with Gasteiger partial charge in [0.05, 0.1) is 6.04 Å². The molecular formula is C13H28ClN3O. The lowest BCUT2D eigenvalue weighted by atomic mass is 10.1. The molecule has 108 valence electrons. The van der Waals surface area contributed by atoms with Gasteiger partial charge in [0.2, 0.25) is 5.91 Å². The second-order valence-electron chi connectivity index (χ2n) is 6.30. The minimum Gasteiger partial charge on any atom is -0.350 e. The van der Waals surface area contributed by atoms with Gasteiger partial charge in [0, 0.05) is 18.1 Å². The second kappa shape index (κ2) is 6.73. The highest BCUT2D eigenvalue weighted by molar-refractivity contribution is 5.85. The van der Waals surface area contributed by atoms with E-state index in [2.05, 4.69) is 17.1 Å². The van der Waals surface area contributed by atoms with E-state index in [0.717, 1.165) is 13.0 Å². The van der Waals surface area contributed by atoms with Crippen LogP contribution in [0.15, 0.2) is 0 Å². The predicted octanol–water partition coefficient (Wildman–Crippen LogP) is 1.38. The Balaban J connectivity index is 0.00000289. The molecule has 1 aliphatic heterocycles. The van der Waals surface area contributed by atoms with Crippen LogP contribution in [0.4, 0.5) is 0 Å². The zero-order valence-corrected chi connectivity index (χ0v) is 13.0. The van der Waals surface area contributed by atoms with Gasteiger partial charge in [-0.05, 0) is 53.5 Å². The molecule has 0 radical (unpaired) electrons. The number of likely N-dealkylation sites (tertiary alicyclic amines) is 1. The number of nitrogens with zero attached hydrogens (tertiary/aromatic N) is 1. The first-order valence-corrected chi connectivity index (χ1v) is 6.52. The van der Waals surface area contributed by atoms with Crippen molar-refractivity contribution in [3.05, 3.63) is 0 Å². The van der Waals surface area contributed by atoms with Gasteiger partial charge in [-0.15, -0.1) is 12.4 Å². The van der Waals surface area contributed by atoms with Gasteiger partial charge in [0.15, 0.2) is 0 Å². The van der Waals surface area contributed by atoms with E-state index in [0.29, 0.717) is 18.5 Å². The first-order chi connectivity index (χ1) is 7.74. The van der Waals surface area contributed by atoms with Crippen LogP contribution in [0.2, 0.25) is 0 Å². The van der Waals surface area contributed by atoms with Crippen molar-refractivity contribution in [2.45, 2.75) is 58.7 Å². The number of halogens is 1. The summed E-state index contributed by atoms with van der Waals surface area (Å²) in [5, 5.41) is 3.04. The molecule has 1 amide bonds. The second-order valence-corrected chi connectivity index (χ2v) is 6.30. The summed E-state index contributed by atoms with van der Waals surface area (Å²) in [6.07, 6.45) is 1.10. The summed E-state index contributed by atoms with van der Waals surface area (Å²) in [5.41, 5.74) is 5.54. The third-order valence-corrected chi connectivity index (χ3v) is 3.42. The van der Waals surface area contributed by atoms with Crippen molar-refractivity contribution in [2.24, 2.45) is 11.7 Å². The largest absolute Gasteiger partial charge is 0.350 e. The molecule has 18 heavy (non-hydrogen) atoms. The summed E-state index contributed by atoms with van der Waals surface area (Å²) >= 11 is 0. The van der Waals surface area contributed by atoms with Crippen LogP contribution in [0.5, 0.6) is 0 Å². The Bertz CT molecular complexity index is 278. The maximum atomic E-state index is 12.1. The molecule has 3 N–H and O–H groups in total.